The van der Waals surface area contributed by atoms with Crippen LogP contribution in [0.3, 0.4) is 0 Å². The van der Waals surface area contributed by atoms with E-state index in [2.05, 4.69) is 19.1 Å². The average molecular weight is 284 g/mol. The maximum Gasteiger partial charge on any atom is 0.336 e. The molecule has 0 spiro atoms. The van der Waals surface area contributed by atoms with E-state index in [1.54, 1.807) is 18.2 Å². The Balaban J connectivity index is 2.34. The Morgan fingerprint density at radius 1 is 1.14 bits per heavy atom. The van der Waals surface area contributed by atoms with E-state index in [1.807, 2.05) is 12.1 Å². The molecule has 0 amide bonds. The van der Waals surface area contributed by atoms with E-state index >= 15 is 0 Å². The minimum absolute atomic E-state index is 0.260. The van der Waals surface area contributed by atoms with Gasteiger partial charge in [-0.15, -0.1) is 0 Å². The number of methoxy groups -OCH3 is 1. The van der Waals surface area contributed by atoms with E-state index in [1.165, 1.54) is 25.5 Å². The normalized spacial score (nSPS) is 10.4. The molecule has 2 aromatic carbocycles. The molecule has 0 aromatic heterocycles. The van der Waals surface area contributed by atoms with Crippen molar-refractivity contribution in [3.05, 3.63) is 53.6 Å². The summed E-state index contributed by atoms with van der Waals surface area (Å²) in [7, 11) is 1.53. The van der Waals surface area contributed by atoms with Crippen molar-refractivity contribution < 1.29 is 14.6 Å². The van der Waals surface area contributed by atoms with E-state index in [0.717, 1.165) is 12.0 Å². The second-order valence-electron chi connectivity index (χ2n) is 5.02. The van der Waals surface area contributed by atoms with E-state index in [9.17, 15) is 9.90 Å². The van der Waals surface area contributed by atoms with E-state index in [0.29, 0.717) is 11.3 Å². The number of ether oxygens (including phenoxy) is 1. The third kappa shape index (κ3) is 3.63. The van der Waals surface area contributed by atoms with Gasteiger partial charge in [0, 0.05) is 0 Å². The van der Waals surface area contributed by atoms with Gasteiger partial charge in [0.2, 0.25) is 0 Å². The first-order valence-corrected chi connectivity index (χ1v) is 7.16. The van der Waals surface area contributed by atoms with Gasteiger partial charge < -0.3 is 9.84 Å². The molecule has 3 heteroatoms. The zero-order valence-electron chi connectivity index (χ0n) is 12.4. The second kappa shape index (κ2) is 6.93. The Hall–Kier alpha value is -2.29. The first-order valence-electron chi connectivity index (χ1n) is 7.16. The molecule has 0 aliphatic heterocycles. The van der Waals surface area contributed by atoms with Gasteiger partial charge in [0.25, 0.3) is 0 Å². The summed E-state index contributed by atoms with van der Waals surface area (Å²) in [6, 6.07) is 13.2. The maximum absolute atomic E-state index is 11.4. The summed E-state index contributed by atoms with van der Waals surface area (Å²) in [4.78, 5) is 11.4. The third-order valence-electron chi connectivity index (χ3n) is 3.54. The fraction of sp³-hybridized carbons (Fsp3) is 0.278. The number of aryl methyl sites for hydroxylation is 1. The molecule has 0 radical (unpaired) electrons. The lowest BCUT2D eigenvalue weighted by molar-refractivity contribution is 0.0697. The summed E-state index contributed by atoms with van der Waals surface area (Å²) in [6.07, 6.45) is 3.40. The summed E-state index contributed by atoms with van der Waals surface area (Å²) in [5, 5.41) is 9.36. The van der Waals surface area contributed by atoms with Crippen molar-refractivity contribution in [2.24, 2.45) is 0 Å². The van der Waals surface area contributed by atoms with Crippen LogP contribution in [0.15, 0.2) is 42.5 Å². The lowest BCUT2D eigenvalue weighted by Gasteiger charge is -2.09. The van der Waals surface area contributed by atoms with E-state index in [4.69, 9.17) is 4.74 Å². The number of rotatable bonds is 6. The van der Waals surface area contributed by atoms with Crippen molar-refractivity contribution in [2.45, 2.75) is 26.2 Å². The largest absolute Gasteiger partial charge is 0.497 e. The van der Waals surface area contributed by atoms with Crippen molar-refractivity contribution in [3.8, 4) is 16.9 Å². The van der Waals surface area contributed by atoms with Crippen LogP contribution in [0, 0.1) is 0 Å². The van der Waals surface area contributed by atoms with Gasteiger partial charge in [0.1, 0.15) is 5.75 Å². The molecule has 2 rings (SSSR count). The van der Waals surface area contributed by atoms with Gasteiger partial charge in [-0.3, -0.25) is 0 Å². The highest BCUT2D eigenvalue weighted by Crippen LogP contribution is 2.28. The molecule has 0 heterocycles. The van der Waals surface area contributed by atoms with E-state index in [-0.39, 0.29) is 5.56 Å². The highest BCUT2D eigenvalue weighted by molar-refractivity contribution is 5.96. The second-order valence-corrected chi connectivity index (χ2v) is 5.02. The molecule has 0 aliphatic carbocycles. The number of unbranched alkanes of at least 4 members (excludes halogenated alkanes) is 1. The predicted molar refractivity (Wildman–Crippen MR) is 84.0 cm³/mol. The molecule has 0 bridgehead atoms. The number of aromatic carboxylic acids is 1. The number of benzene rings is 2. The van der Waals surface area contributed by atoms with Crippen LogP contribution < -0.4 is 4.74 Å². The summed E-state index contributed by atoms with van der Waals surface area (Å²) in [5.41, 5.74) is 3.17. The van der Waals surface area contributed by atoms with Gasteiger partial charge in [-0.2, -0.15) is 0 Å². The van der Waals surface area contributed by atoms with Crippen LogP contribution in [0.25, 0.3) is 11.1 Å². The average Bonchev–Trinajstić information content (AvgIpc) is 2.52. The first kappa shape index (κ1) is 15.1. The summed E-state index contributed by atoms with van der Waals surface area (Å²) in [5.74, 6) is -0.394. The monoisotopic (exact) mass is 284 g/mol. The molecule has 0 saturated carbocycles. The van der Waals surface area contributed by atoms with Crippen LogP contribution in [-0.2, 0) is 6.42 Å². The third-order valence-corrected chi connectivity index (χ3v) is 3.54. The number of hydrogen-bond acceptors (Lipinski definition) is 2. The molecule has 0 fully saturated rings. The SMILES string of the molecule is CCCCc1ccc(-c2ccc(OC)cc2C(=O)O)cc1. The van der Waals surface area contributed by atoms with Crippen molar-refractivity contribution in [3.63, 3.8) is 0 Å². The minimum Gasteiger partial charge on any atom is -0.497 e. The lowest BCUT2D eigenvalue weighted by atomic mass is 9.97. The van der Waals surface area contributed by atoms with Gasteiger partial charge in [0.05, 0.1) is 12.7 Å². The van der Waals surface area contributed by atoms with Crippen molar-refractivity contribution in [1.82, 2.24) is 0 Å². The number of carboxylic acids is 1. The van der Waals surface area contributed by atoms with E-state index < -0.39 is 5.97 Å². The Bertz CT molecular complexity index is 615. The zero-order valence-corrected chi connectivity index (χ0v) is 12.4. The number of carboxylic acid groups (broad SMARTS) is 1. The fourth-order valence-electron chi connectivity index (χ4n) is 2.31. The van der Waals surface area contributed by atoms with Crippen LogP contribution >= 0.6 is 0 Å². The smallest absolute Gasteiger partial charge is 0.336 e. The van der Waals surface area contributed by atoms with Gasteiger partial charge in [-0.1, -0.05) is 37.6 Å². The number of carbonyl (C=O) groups is 1. The van der Waals surface area contributed by atoms with Crippen molar-refractivity contribution >= 4 is 5.97 Å². The number of hydrogen-bond donors (Lipinski definition) is 1. The van der Waals surface area contributed by atoms with Gasteiger partial charge >= 0.3 is 5.97 Å². The molecular formula is C18H20O3. The highest BCUT2D eigenvalue weighted by Gasteiger charge is 2.13. The molecule has 2 aromatic rings. The quantitative estimate of drug-likeness (QED) is 0.855. The van der Waals surface area contributed by atoms with Crippen LogP contribution in [-0.4, -0.2) is 18.2 Å². The first-order chi connectivity index (χ1) is 10.2. The Labute approximate surface area is 125 Å². The Kier molecular flexibility index (Phi) is 4.99. The molecule has 0 unspecified atom stereocenters. The fourth-order valence-corrected chi connectivity index (χ4v) is 2.31. The molecule has 0 saturated heterocycles. The summed E-state index contributed by atoms with van der Waals surface area (Å²) >= 11 is 0. The molecule has 3 nitrogen and oxygen atoms in total. The predicted octanol–water partition coefficient (Wildman–Crippen LogP) is 4.40. The minimum atomic E-state index is -0.945. The van der Waals surface area contributed by atoms with Gasteiger partial charge in [-0.25, -0.2) is 4.79 Å². The van der Waals surface area contributed by atoms with Crippen LogP contribution in [0.5, 0.6) is 5.75 Å². The van der Waals surface area contributed by atoms with Crippen molar-refractivity contribution in [1.29, 1.82) is 0 Å². The Morgan fingerprint density at radius 3 is 2.43 bits per heavy atom. The van der Waals surface area contributed by atoms with Gasteiger partial charge in [0.15, 0.2) is 0 Å². The molecular weight excluding hydrogens is 264 g/mol. The lowest BCUT2D eigenvalue weighted by Crippen LogP contribution is -2.00. The maximum atomic E-state index is 11.4. The standard InChI is InChI=1S/C18H20O3/c1-3-4-5-13-6-8-14(9-7-13)16-11-10-15(21-2)12-17(16)18(19)20/h6-12H,3-5H2,1-2H3,(H,19,20). The molecule has 21 heavy (non-hydrogen) atoms. The topological polar surface area (TPSA) is 46.5 Å². The van der Waals surface area contributed by atoms with Crippen LogP contribution in [0.4, 0.5) is 0 Å². The molecule has 0 aliphatic rings. The van der Waals surface area contributed by atoms with Crippen molar-refractivity contribution in [2.75, 3.05) is 7.11 Å². The Morgan fingerprint density at radius 2 is 1.86 bits per heavy atom. The van der Waals surface area contributed by atoms with Gasteiger partial charge in [-0.05, 0) is 47.7 Å². The molecule has 0 atom stereocenters. The summed E-state index contributed by atoms with van der Waals surface area (Å²) in [6.45, 7) is 2.17. The molecule has 110 valence electrons. The van der Waals surface area contributed by atoms with Crippen LogP contribution in [0.2, 0.25) is 0 Å². The molecule has 1 N–H and O–H groups in total. The zero-order chi connectivity index (χ0) is 15.2. The summed E-state index contributed by atoms with van der Waals surface area (Å²) < 4.78 is 5.10. The van der Waals surface area contributed by atoms with Crippen LogP contribution in [0.1, 0.15) is 35.7 Å². The highest BCUT2D eigenvalue weighted by atomic mass is 16.5.